The summed E-state index contributed by atoms with van der Waals surface area (Å²) in [7, 11) is 1.81. The monoisotopic (exact) mass is 200 g/mol. The summed E-state index contributed by atoms with van der Waals surface area (Å²) in [6.07, 6.45) is 5.14. The number of nitrogens with zero attached hydrogens (tertiary/aromatic N) is 1. The van der Waals surface area contributed by atoms with Crippen LogP contribution in [0, 0.1) is 0 Å². The molecule has 14 heavy (non-hydrogen) atoms. The molecular weight excluding hydrogens is 176 g/mol. The van der Waals surface area contributed by atoms with Crippen LogP contribution in [-0.2, 0) is 4.74 Å². The first-order chi connectivity index (χ1) is 6.76. The van der Waals surface area contributed by atoms with Gasteiger partial charge in [0.05, 0.1) is 6.10 Å². The summed E-state index contributed by atoms with van der Waals surface area (Å²) >= 11 is 0. The topological polar surface area (TPSA) is 38.5 Å². The lowest BCUT2D eigenvalue weighted by molar-refractivity contribution is 0.108. The molecule has 2 N–H and O–H groups in total. The van der Waals surface area contributed by atoms with Gasteiger partial charge in [-0.15, -0.1) is 0 Å². The molecule has 1 heterocycles. The highest BCUT2D eigenvalue weighted by atomic mass is 16.5. The third-order valence-electron chi connectivity index (χ3n) is 3.14. The Morgan fingerprint density at radius 1 is 1.57 bits per heavy atom. The van der Waals surface area contributed by atoms with E-state index in [1.807, 2.05) is 0 Å². The highest BCUT2D eigenvalue weighted by Gasteiger charge is 2.21. The van der Waals surface area contributed by atoms with E-state index in [0.29, 0.717) is 12.1 Å². The predicted molar refractivity (Wildman–Crippen MR) is 59.4 cm³/mol. The summed E-state index contributed by atoms with van der Waals surface area (Å²) in [4.78, 5) is 2.48. The minimum atomic E-state index is 0.399. The fourth-order valence-electron chi connectivity index (χ4n) is 1.97. The van der Waals surface area contributed by atoms with Crippen molar-refractivity contribution in [2.24, 2.45) is 5.73 Å². The molecule has 2 unspecified atom stereocenters. The Morgan fingerprint density at radius 2 is 2.36 bits per heavy atom. The third kappa shape index (κ3) is 3.95. The molecule has 3 heteroatoms. The van der Waals surface area contributed by atoms with Gasteiger partial charge in [-0.3, -0.25) is 0 Å². The highest BCUT2D eigenvalue weighted by Crippen LogP contribution is 2.12. The smallest absolute Gasteiger partial charge is 0.0710 e. The van der Waals surface area contributed by atoms with E-state index < -0.39 is 0 Å². The van der Waals surface area contributed by atoms with Crippen molar-refractivity contribution >= 4 is 0 Å². The molecule has 0 saturated carbocycles. The third-order valence-corrected chi connectivity index (χ3v) is 3.14. The molecule has 0 aromatic carbocycles. The maximum absolute atomic E-state index is 5.87. The van der Waals surface area contributed by atoms with Gasteiger partial charge in [-0.25, -0.2) is 0 Å². The van der Waals surface area contributed by atoms with Crippen molar-refractivity contribution in [2.45, 2.75) is 44.8 Å². The van der Waals surface area contributed by atoms with Gasteiger partial charge < -0.3 is 15.4 Å². The van der Waals surface area contributed by atoms with E-state index in [0.717, 1.165) is 19.4 Å². The van der Waals surface area contributed by atoms with Gasteiger partial charge >= 0.3 is 0 Å². The maximum Gasteiger partial charge on any atom is 0.0710 e. The largest absolute Gasteiger partial charge is 0.380 e. The molecule has 84 valence electrons. The van der Waals surface area contributed by atoms with Crippen molar-refractivity contribution in [3.05, 3.63) is 0 Å². The van der Waals surface area contributed by atoms with Gasteiger partial charge in [-0.2, -0.15) is 0 Å². The Labute approximate surface area is 87.6 Å². The van der Waals surface area contributed by atoms with Crippen LogP contribution in [0.4, 0.5) is 0 Å². The Bertz CT molecular complexity index is 152. The van der Waals surface area contributed by atoms with E-state index in [1.54, 1.807) is 7.11 Å². The minimum Gasteiger partial charge on any atom is -0.380 e. The average Bonchev–Trinajstić information content (AvgIpc) is 2.65. The van der Waals surface area contributed by atoms with Crippen LogP contribution in [0.15, 0.2) is 0 Å². The molecule has 0 radical (unpaired) electrons. The van der Waals surface area contributed by atoms with Crippen LogP contribution in [0.1, 0.15) is 32.6 Å². The maximum atomic E-state index is 5.87. The second kappa shape index (κ2) is 6.38. The number of hydrogen-bond acceptors (Lipinski definition) is 3. The Balaban J connectivity index is 2.03. The molecule has 1 fully saturated rings. The lowest BCUT2D eigenvalue weighted by atomic mass is 10.1. The molecule has 2 atom stereocenters. The molecule has 0 aromatic rings. The van der Waals surface area contributed by atoms with Gasteiger partial charge in [0.25, 0.3) is 0 Å². The van der Waals surface area contributed by atoms with Gasteiger partial charge in [0.1, 0.15) is 0 Å². The van der Waals surface area contributed by atoms with E-state index in [9.17, 15) is 0 Å². The standard InChI is InChI=1S/C11H24N2O/c1-3-10(12)5-4-7-13-8-6-11(9-13)14-2/h10-11H,3-9,12H2,1-2H3. The summed E-state index contributed by atoms with van der Waals surface area (Å²) < 4.78 is 5.32. The lowest BCUT2D eigenvalue weighted by Crippen LogP contribution is -2.26. The van der Waals surface area contributed by atoms with E-state index in [4.69, 9.17) is 10.5 Å². The number of methoxy groups -OCH3 is 1. The fraction of sp³-hybridized carbons (Fsp3) is 1.00. The summed E-state index contributed by atoms with van der Waals surface area (Å²) in [6, 6.07) is 0.399. The number of nitrogens with two attached hydrogens (primary N) is 1. The zero-order valence-corrected chi connectivity index (χ0v) is 9.54. The second-order valence-electron chi connectivity index (χ2n) is 4.26. The molecular formula is C11H24N2O. The molecule has 0 aromatic heterocycles. The first-order valence-corrected chi connectivity index (χ1v) is 5.77. The van der Waals surface area contributed by atoms with Crippen molar-refractivity contribution in [1.29, 1.82) is 0 Å². The normalized spacial score (nSPS) is 25.5. The van der Waals surface area contributed by atoms with Crippen molar-refractivity contribution in [2.75, 3.05) is 26.7 Å². The zero-order chi connectivity index (χ0) is 10.4. The van der Waals surface area contributed by atoms with Crippen molar-refractivity contribution in [1.82, 2.24) is 4.90 Å². The number of ether oxygens (including phenoxy) is 1. The van der Waals surface area contributed by atoms with Gasteiger partial charge in [0, 0.05) is 26.2 Å². The number of likely N-dealkylation sites (tertiary alicyclic amines) is 1. The number of rotatable bonds is 6. The molecule has 0 spiro atoms. The molecule has 0 amide bonds. The molecule has 1 aliphatic heterocycles. The molecule has 1 aliphatic rings. The van der Waals surface area contributed by atoms with Crippen molar-refractivity contribution in [3.63, 3.8) is 0 Å². The predicted octanol–water partition coefficient (Wildman–Crippen LogP) is 1.22. The average molecular weight is 200 g/mol. The quantitative estimate of drug-likeness (QED) is 0.701. The van der Waals surface area contributed by atoms with Crippen LogP contribution >= 0.6 is 0 Å². The number of hydrogen-bond donors (Lipinski definition) is 1. The molecule has 0 aliphatic carbocycles. The van der Waals surface area contributed by atoms with E-state index in [1.165, 1.54) is 25.9 Å². The van der Waals surface area contributed by atoms with Crippen molar-refractivity contribution < 1.29 is 4.74 Å². The zero-order valence-electron chi connectivity index (χ0n) is 9.54. The van der Waals surface area contributed by atoms with Gasteiger partial charge in [0.15, 0.2) is 0 Å². The highest BCUT2D eigenvalue weighted by molar-refractivity contribution is 4.75. The molecule has 1 saturated heterocycles. The van der Waals surface area contributed by atoms with Crippen LogP contribution in [0.5, 0.6) is 0 Å². The Morgan fingerprint density at radius 3 is 2.93 bits per heavy atom. The summed E-state index contributed by atoms with van der Waals surface area (Å²) in [6.45, 7) is 5.65. The van der Waals surface area contributed by atoms with Crippen LogP contribution in [0.25, 0.3) is 0 Å². The first-order valence-electron chi connectivity index (χ1n) is 5.77. The summed E-state index contributed by atoms with van der Waals surface area (Å²) in [5.74, 6) is 0. The Kier molecular flexibility index (Phi) is 5.45. The van der Waals surface area contributed by atoms with Gasteiger partial charge in [-0.1, -0.05) is 6.92 Å². The molecule has 0 bridgehead atoms. The molecule has 1 rings (SSSR count). The fourth-order valence-corrected chi connectivity index (χ4v) is 1.97. The van der Waals surface area contributed by atoms with Crippen molar-refractivity contribution in [3.8, 4) is 0 Å². The van der Waals surface area contributed by atoms with Gasteiger partial charge in [0.2, 0.25) is 0 Å². The van der Waals surface area contributed by atoms with Crippen LogP contribution < -0.4 is 5.73 Å². The molecule has 3 nitrogen and oxygen atoms in total. The summed E-state index contributed by atoms with van der Waals surface area (Å²) in [5.41, 5.74) is 5.87. The van der Waals surface area contributed by atoms with Gasteiger partial charge in [-0.05, 0) is 32.2 Å². The minimum absolute atomic E-state index is 0.399. The van der Waals surface area contributed by atoms with Crippen LogP contribution in [0.3, 0.4) is 0 Å². The van der Waals surface area contributed by atoms with E-state index >= 15 is 0 Å². The Hall–Kier alpha value is -0.120. The lowest BCUT2D eigenvalue weighted by Gasteiger charge is -2.16. The first kappa shape index (κ1) is 12.0. The van der Waals surface area contributed by atoms with Crippen LogP contribution in [0.2, 0.25) is 0 Å². The second-order valence-corrected chi connectivity index (χ2v) is 4.26. The SMILES string of the molecule is CCC(N)CCCN1CCC(OC)C1. The van der Waals surface area contributed by atoms with E-state index in [2.05, 4.69) is 11.8 Å². The van der Waals surface area contributed by atoms with Crippen LogP contribution in [-0.4, -0.2) is 43.8 Å². The summed E-state index contributed by atoms with van der Waals surface area (Å²) in [5, 5.41) is 0. The van der Waals surface area contributed by atoms with E-state index in [-0.39, 0.29) is 0 Å².